The van der Waals surface area contributed by atoms with E-state index in [1.165, 1.54) is 7.11 Å². The molecule has 0 aromatic carbocycles. The number of methoxy groups -OCH3 is 1. The van der Waals surface area contributed by atoms with Gasteiger partial charge in [0.25, 0.3) is 0 Å². The summed E-state index contributed by atoms with van der Waals surface area (Å²) >= 11 is 0. The Balaban J connectivity index is 2.04. The number of carboxylic acid groups (broad SMARTS) is 1. The standard InChI is InChI=1S/C25H45NO5/c1-22(2,18-15-23(3,4)26(16-18)21(28)29)12-10-11-19(20(27)30-9)17-13-24(5,6)31-25(7,8)14-17/h17-19H,10-16H2,1-9H3,(H,28,29)/t18-,19?/m1/s1. The summed E-state index contributed by atoms with van der Waals surface area (Å²) in [4.78, 5) is 25.9. The maximum Gasteiger partial charge on any atom is 0.407 e. The molecule has 31 heavy (non-hydrogen) atoms. The molecule has 2 fully saturated rings. The molecule has 6 nitrogen and oxygen atoms in total. The molecular weight excluding hydrogens is 394 g/mol. The van der Waals surface area contributed by atoms with Crippen LogP contribution in [0, 0.1) is 23.2 Å². The lowest BCUT2D eigenvalue weighted by Crippen LogP contribution is -2.48. The third-order valence-electron chi connectivity index (χ3n) is 7.69. The van der Waals surface area contributed by atoms with Crippen molar-refractivity contribution >= 4 is 12.1 Å². The second-order valence-electron chi connectivity index (χ2n) is 12.4. The van der Waals surface area contributed by atoms with E-state index in [9.17, 15) is 14.7 Å². The van der Waals surface area contributed by atoms with Crippen LogP contribution in [0.3, 0.4) is 0 Å². The van der Waals surface area contributed by atoms with E-state index in [4.69, 9.17) is 9.47 Å². The van der Waals surface area contributed by atoms with Gasteiger partial charge in [-0.3, -0.25) is 4.79 Å². The van der Waals surface area contributed by atoms with Crippen molar-refractivity contribution in [1.29, 1.82) is 0 Å². The van der Waals surface area contributed by atoms with E-state index in [-0.39, 0.29) is 40.0 Å². The van der Waals surface area contributed by atoms with E-state index in [1.54, 1.807) is 4.90 Å². The van der Waals surface area contributed by atoms with Gasteiger partial charge in [-0.1, -0.05) is 20.3 Å². The molecule has 0 radical (unpaired) electrons. The fourth-order valence-corrected chi connectivity index (χ4v) is 6.24. The maximum absolute atomic E-state index is 12.7. The quantitative estimate of drug-likeness (QED) is 0.512. The van der Waals surface area contributed by atoms with Gasteiger partial charge in [-0.25, -0.2) is 4.79 Å². The zero-order valence-corrected chi connectivity index (χ0v) is 21.2. The molecule has 1 unspecified atom stereocenters. The zero-order chi connectivity index (χ0) is 23.8. The number of nitrogens with zero attached hydrogens (tertiary/aromatic N) is 1. The SMILES string of the molecule is COC(=O)C(CCCC(C)(C)[C@H]1CN(C(=O)O)C(C)(C)C1)C1CC(C)(C)OC(C)(C)C1. The van der Waals surface area contributed by atoms with Crippen LogP contribution in [0.1, 0.15) is 93.9 Å². The van der Waals surface area contributed by atoms with Crippen LogP contribution in [-0.4, -0.2) is 52.5 Å². The first-order valence-corrected chi connectivity index (χ1v) is 11.8. The van der Waals surface area contributed by atoms with Gasteiger partial charge in [0.15, 0.2) is 0 Å². The molecule has 0 spiro atoms. The van der Waals surface area contributed by atoms with Crippen molar-refractivity contribution in [3.63, 3.8) is 0 Å². The minimum absolute atomic E-state index is 0.0103. The number of hydrogen-bond donors (Lipinski definition) is 1. The molecule has 1 N–H and O–H groups in total. The summed E-state index contributed by atoms with van der Waals surface area (Å²) in [6.45, 7) is 17.5. The van der Waals surface area contributed by atoms with Crippen LogP contribution in [0.4, 0.5) is 4.79 Å². The minimum atomic E-state index is -0.834. The lowest BCUT2D eigenvalue weighted by Gasteiger charge is -2.47. The van der Waals surface area contributed by atoms with E-state index < -0.39 is 6.09 Å². The van der Waals surface area contributed by atoms with E-state index in [0.29, 0.717) is 12.5 Å². The molecular formula is C25H45NO5. The second kappa shape index (κ2) is 8.92. The summed E-state index contributed by atoms with van der Waals surface area (Å²) in [6, 6.07) is 0. The topological polar surface area (TPSA) is 76.1 Å². The molecule has 0 saturated carbocycles. The Bertz CT molecular complexity index is 651. The smallest absolute Gasteiger partial charge is 0.407 e. The highest BCUT2D eigenvalue weighted by Crippen LogP contribution is 2.46. The van der Waals surface area contributed by atoms with Crippen molar-refractivity contribution in [3.05, 3.63) is 0 Å². The molecule has 180 valence electrons. The highest BCUT2D eigenvalue weighted by Gasteiger charge is 2.47. The number of likely N-dealkylation sites (tertiary alicyclic amines) is 1. The van der Waals surface area contributed by atoms with Gasteiger partial charge in [0.2, 0.25) is 0 Å². The van der Waals surface area contributed by atoms with Gasteiger partial charge in [-0.05, 0) is 90.9 Å². The van der Waals surface area contributed by atoms with Crippen molar-refractivity contribution in [2.24, 2.45) is 23.2 Å². The Hall–Kier alpha value is -1.30. The van der Waals surface area contributed by atoms with Crippen molar-refractivity contribution in [3.8, 4) is 0 Å². The fraction of sp³-hybridized carbons (Fsp3) is 0.920. The van der Waals surface area contributed by atoms with Crippen LogP contribution >= 0.6 is 0 Å². The molecule has 2 rings (SSSR count). The Labute approximate surface area is 189 Å². The van der Waals surface area contributed by atoms with Gasteiger partial charge in [0.1, 0.15) is 0 Å². The van der Waals surface area contributed by atoms with Crippen LogP contribution in [0.15, 0.2) is 0 Å². The molecule has 0 bridgehead atoms. The van der Waals surface area contributed by atoms with Crippen LogP contribution in [0.2, 0.25) is 0 Å². The van der Waals surface area contributed by atoms with E-state index in [2.05, 4.69) is 41.5 Å². The molecule has 0 aromatic rings. The lowest BCUT2D eigenvalue weighted by atomic mass is 9.70. The Kier molecular flexibility index (Phi) is 7.46. The van der Waals surface area contributed by atoms with Gasteiger partial charge in [-0.15, -0.1) is 0 Å². The summed E-state index contributed by atoms with van der Waals surface area (Å²) in [7, 11) is 1.48. The van der Waals surface area contributed by atoms with Crippen molar-refractivity contribution in [2.75, 3.05) is 13.7 Å². The number of hydrogen-bond acceptors (Lipinski definition) is 4. The molecule has 2 aliphatic heterocycles. The van der Waals surface area contributed by atoms with E-state index >= 15 is 0 Å². The molecule has 2 atom stereocenters. The molecule has 0 aliphatic carbocycles. The predicted octanol–water partition coefficient (Wildman–Crippen LogP) is 5.73. The average Bonchev–Trinajstić information content (AvgIpc) is 2.91. The summed E-state index contributed by atoms with van der Waals surface area (Å²) in [5, 5.41) is 9.56. The molecule has 1 amide bonds. The summed E-state index contributed by atoms with van der Waals surface area (Å²) in [5.41, 5.74) is -0.834. The normalized spacial score (nSPS) is 26.5. The lowest BCUT2D eigenvalue weighted by molar-refractivity contribution is -0.185. The van der Waals surface area contributed by atoms with Crippen LogP contribution in [0.25, 0.3) is 0 Å². The fourth-order valence-electron chi connectivity index (χ4n) is 6.24. The number of rotatable bonds is 7. The largest absolute Gasteiger partial charge is 0.469 e. The third kappa shape index (κ3) is 6.36. The third-order valence-corrected chi connectivity index (χ3v) is 7.69. The van der Waals surface area contributed by atoms with Crippen LogP contribution < -0.4 is 0 Å². The summed E-state index contributed by atoms with van der Waals surface area (Å²) < 4.78 is 11.4. The van der Waals surface area contributed by atoms with Crippen molar-refractivity contribution < 1.29 is 24.2 Å². The predicted molar refractivity (Wildman–Crippen MR) is 122 cm³/mol. The molecule has 2 aliphatic rings. The van der Waals surface area contributed by atoms with Crippen molar-refractivity contribution in [2.45, 2.75) is 111 Å². The van der Waals surface area contributed by atoms with Gasteiger partial charge in [0.05, 0.1) is 24.2 Å². The molecule has 2 heterocycles. The Morgan fingerprint density at radius 1 is 1.10 bits per heavy atom. The first-order chi connectivity index (χ1) is 14.0. The molecule has 2 saturated heterocycles. The molecule has 6 heteroatoms. The summed E-state index contributed by atoms with van der Waals surface area (Å²) in [6.07, 6.45) is 4.42. The second-order valence-corrected chi connectivity index (χ2v) is 12.4. The number of carbonyl (C=O) groups is 2. The highest BCUT2D eigenvalue weighted by molar-refractivity contribution is 5.72. The zero-order valence-electron chi connectivity index (χ0n) is 21.2. The maximum atomic E-state index is 12.7. The number of carbonyl (C=O) groups excluding carboxylic acids is 1. The first-order valence-electron chi connectivity index (χ1n) is 11.8. The Morgan fingerprint density at radius 3 is 2.10 bits per heavy atom. The number of ether oxygens (including phenoxy) is 2. The van der Waals surface area contributed by atoms with Gasteiger partial charge >= 0.3 is 12.1 Å². The minimum Gasteiger partial charge on any atom is -0.469 e. The summed E-state index contributed by atoms with van der Waals surface area (Å²) in [5.74, 6) is 0.312. The monoisotopic (exact) mass is 439 g/mol. The van der Waals surface area contributed by atoms with Crippen LogP contribution in [-0.2, 0) is 14.3 Å². The van der Waals surface area contributed by atoms with Crippen molar-refractivity contribution in [1.82, 2.24) is 4.90 Å². The average molecular weight is 440 g/mol. The van der Waals surface area contributed by atoms with Gasteiger partial charge in [-0.2, -0.15) is 0 Å². The first kappa shape index (κ1) is 26.0. The van der Waals surface area contributed by atoms with Crippen LogP contribution in [0.5, 0.6) is 0 Å². The molecule has 0 aromatic heterocycles. The Morgan fingerprint density at radius 2 is 1.65 bits per heavy atom. The number of esters is 1. The van der Waals surface area contributed by atoms with Gasteiger partial charge < -0.3 is 19.5 Å². The van der Waals surface area contributed by atoms with Gasteiger partial charge in [0, 0.05) is 12.1 Å². The highest BCUT2D eigenvalue weighted by atomic mass is 16.5. The van der Waals surface area contributed by atoms with E-state index in [0.717, 1.165) is 38.5 Å². The number of amides is 1. The van der Waals surface area contributed by atoms with E-state index in [1.807, 2.05) is 13.8 Å².